The second-order valence-electron chi connectivity index (χ2n) is 3.69. The smallest absolute Gasteiger partial charge is 0.252 e. The van der Waals surface area contributed by atoms with Crippen LogP contribution in [0.1, 0.15) is 36.2 Å². The monoisotopic (exact) mass is 210 g/mol. The Hall–Kier alpha value is -0.820. The van der Waals surface area contributed by atoms with E-state index in [1.165, 1.54) is 5.56 Å². The number of carbonyl (C=O) groups is 1. The van der Waals surface area contributed by atoms with Gasteiger partial charge in [0.25, 0.3) is 5.24 Å². The average Bonchev–Trinajstić information content (AvgIpc) is 2.18. The first-order chi connectivity index (χ1) is 6.63. The fourth-order valence-electron chi connectivity index (χ4n) is 1.37. The minimum absolute atomic E-state index is 0.379. The molecule has 1 aromatic rings. The van der Waals surface area contributed by atoms with Crippen molar-refractivity contribution in [2.75, 3.05) is 0 Å². The molecule has 0 aliphatic carbocycles. The summed E-state index contributed by atoms with van der Waals surface area (Å²) in [4.78, 5) is 10.9. The fourth-order valence-corrected chi connectivity index (χ4v) is 1.48. The molecule has 0 saturated heterocycles. The number of carbonyl (C=O) groups excluding carboxylic acids is 1. The quantitative estimate of drug-likeness (QED) is 0.694. The molecule has 0 radical (unpaired) electrons. The third-order valence-electron chi connectivity index (χ3n) is 2.44. The summed E-state index contributed by atoms with van der Waals surface area (Å²) in [6.45, 7) is 4.37. The predicted octanol–water partition coefficient (Wildman–Crippen LogP) is 3.65. The lowest BCUT2D eigenvalue weighted by molar-refractivity contribution is 0.108. The van der Waals surface area contributed by atoms with Gasteiger partial charge in [-0.15, -0.1) is 0 Å². The van der Waals surface area contributed by atoms with Crippen molar-refractivity contribution in [2.45, 2.75) is 26.7 Å². The molecule has 0 fully saturated rings. The molecule has 1 aromatic carbocycles. The highest BCUT2D eigenvalue weighted by molar-refractivity contribution is 6.67. The molecule has 0 saturated carbocycles. The lowest BCUT2D eigenvalue weighted by Crippen LogP contribution is -1.99. The number of hydrogen-bond donors (Lipinski definition) is 0. The summed E-state index contributed by atoms with van der Waals surface area (Å²) in [6.07, 6.45) is 2.16. The number of hydrogen-bond acceptors (Lipinski definition) is 1. The van der Waals surface area contributed by atoms with Crippen molar-refractivity contribution >= 4 is 16.8 Å². The van der Waals surface area contributed by atoms with Crippen molar-refractivity contribution < 1.29 is 4.79 Å². The van der Waals surface area contributed by atoms with Crippen LogP contribution in [-0.4, -0.2) is 5.24 Å². The molecule has 0 aliphatic rings. The Labute approximate surface area is 90.1 Å². The van der Waals surface area contributed by atoms with Crippen LogP contribution in [0.15, 0.2) is 24.3 Å². The van der Waals surface area contributed by atoms with Crippen LogP contribution in [0.2, 0.25) is 0 Å². The highest BCUT2D eigenvalue weighted by Gasteiger charge is 2.04. The number of rotatable bonds is 4. The fraction of sp³-hybridized carbons (Fsp3) is 0.417. The van der Waals surface area contributed by atoms with Crippen molar-refractivity contribution in [1.29, 1.82) is 0 Å². The minimum atomic E-state index is -0.379. The van der Waals surface area contributed by atoms with E-state index in [0.717, 1.165) is 12.8 Å². The lowest BCUT2D eigenvalue weighted by Gasteiger charge is -2.08. The molecule has 2 heteroatoms. The zero-order valence-electron chi connectivity index (χ0n) is 8.59. The van der Waals surface area contributed by atoms with Crippen molar-refractivity contribution in [3.05, 3.63) is 35.4 Å². The summed E-state index contributed by atoms with van der Waals surface area (Å²) in [6, 6.07) is 7.54. The van der Waals surface area contributed by atoms with Gasteiger partial charge in [0.15, 0.2) is 0 Å². The Balaban J connectivity index is 2.78. The van der Waals surface area contributed by atoms with Gasteiger partial charge in [0.2, 0.25) is 0 Å². The van der Waals surface area contributed by atoms with Crippen LogP contribution in [0, 0.1) is 5.92 Å². The number of benzene rings is 1. The van der Waals surface area contributed by atoms with Gasteiger partial charge in [-0.3, -0.25) is 4.79 Å². The molecule has 76 valence electrons. The molecule has 0 heterocycles. The summed E-state index contributed by atoms with van der Waals surface area (Å²) in [5, 5.41) is -0.379. The molecule has 0 aliphatic heterocycles. The van der Waals surface area contributed by atoms with Crippen molar-refractivity contribution in [2.24, 2.45) is 5.92 Å². The molecule has 0 amide bonds. The van der Waals surface area contributed by atoms with Crippen LogP contribution in [0.3, 0.4) is 0 Å². The SMILES string of the molecule is CCC(C)Cc1cccc(C(=O)Cl)c1. The second kappa shape index (κ2) is 5.16. The van der Waals surface area contributed by atoms with E-state index in [9.17, 15) is 4.79 Å². The number of halogens is 1. The summed E-state index contributed by atoms with van der Waals surface area (Å²) in [5.41, 5.74) is 1.78. The zero-order valence-corrected chi connectivity index (χ0v) is 9.34. The summed E-state index contributed by atoms with van der Waals surface area (Å²) >= 11 is 5.41. The lowest BCUT2D eigenvalue weighted by atomic mass is 9.98. The van der Waals surface area contributed by atoms with Crippen LogP contribution in [0.5, 0.6) is 0 Å². The first-order valence-electron chi connectivity index (χ1n) is 4.92. The molecular formula is C12H15ClO. The van der Waals surface area contributed by atoms with Crippen molar-refractivity contribution in [3.63, 3.8) is 0 Å². The first kappa shape index (κ1) is 11.3. The maximum atomic E-state index is 10.9. The van der Waals surface area contributed by atoms with E-state index >= 15 is 0 Å². The average molecular weight is 211 g/mol. The molecule has 0 aromatic heterocycles. The Bertz CT molecular complexity index is 320. The molecule has 0 bridgehead atoms. The molecule has 0 spiro atoms. The van der Waals surface area contributed by atoms with E-state index in [-0.39, 0.29) is 5.24 Å². The maximum absolute atomic E-state index is 10.9. The Morgan fingerprint density at radius 3 is 2.79 bits per heavy atom. The molecule has 0 N–H and O–H groups in total. The van der Waals surface area contributed by atoms with Gasteiger partial charge >= 0.3 is 0 Å². The Morgan fingerprint density at radius 1 is 1.50 bits per heavy atom. The van der Waals surface area contributed by atoms with E-state index in [2.05, 4.69) is 13.8 Å². The van der Waals surface area contributed by atoms with E-state index < -0.39 is 0 Å². The van der Waals surface area contributed by atoms with Gasteiger partial charge in [0.1, 0.15) is 0 Å². The van der Waals surface area contributed by atoms with Crippen molar-refractivity contribution in [1.82, 2.24) is 0 Å². The van der Waals surface area contributed by atoms with Gasteiger partial charge in [-0.05, 0) is 35.6 Å². The van der Waals surface area contributed by atoms with Gasteiger partial charge in [-0.1, -0.05) is 38.5 Å². The van der Waals surface area contributed by atoms with Crippen LogP contribution >= 0.6 is 11.6 Å². The minimum Gasteiger partial charge on any atom is -0.276 e. The van der Waals surface area contributed by atoms with Gasteiger partial charge < -0.3 is 0 Å². The topological polar surface area (TPSA) is 17.1 Å². The molecule has 1 atom stereocenters. The van der Waals surface area contributed by atoms with Gasteiger partial charge in [-0.2, -0.15) is 0 Å². The molecule has 1 unspecified atom stereocenters. The molecule has 1 nitrogen and oxygen atoms in total. The van der Waals surface area contributed by atoms with E-state index in [0.29, 0.717) is 11.5 Å². The van der Waals surface area contributed by atoms with Gasteiger partial charge in [-0.25, -0.2) is 0 Å². The molecular weight excluding hydrogens is 196 g/mol. The standard InChI is InChI=1S/C12H15ClO/c1-3-9(2)7-10-5-4-6-11(8-10)12(13)14/h4-6,8-9H,3,7H2,1-2H3. The normalized spacial score (nSPS) is 12.5. The van der Waals surface area contributed by atoms with Crippen LogP contribution in [-0.2, 0) is 6.42 Å². The van der Waals surface area contributed by atoms with Crippen molar-refractivity contribution in [3.8, 4) is 0 Å². The highest BCUT2D eigenvalue weighted by atomic mass is 35.5. The van der Waals surface area contributed by atoms with E-state index in [1.54, 1.807) is 6.07 Å². The van der Waals surface area contributed by atoms with Crippen LogP contribution in [0.25, 0.3) is 0 Å². The van der Waals surface area contributed by atoms with E-state index in [4.69, 9.17) is 11.6 Å². The predicted molar refractivity (Wildman–Crippen MR) is 59.8 cm³/mol. The Morgan fingerprint density at radius 2 is 2.21 bits per heavy atom. The molecule has 14 heavy (non-hydrogen) atoms. The van der Waals surface area contributed by atoms with E-state index in [1.807, 2.05) is 18.2 Å². The Kier molecular flexibility index (Phi) is 4.15. The second-order valence-corrected chi connectivity index (χ2v) is 4.03. The zero-order chi connectivity index (χ0) is 10.6. The molecule has 1 rings (SSSR count). The third-order valence-corrected chi connectivity index (χ3v) is 2.65. The highest BCUT2D eigenvalue weighted by Crippen LogP contribution is 2.14. The first-order valence-corrected chi connectivity index (χ1v) is 5.30. The summed E-state index contributed by atoms with van der Waals surface area (Å²) in [7, 11) is 0. The van der Waals surface area contributed by atoms with Gasteiger partial charge in [0.05, 0.1) is 0 Å². The maximum Gasteiger partial charge on any atom is 0.252 e. The summed E-state index contributed by atoms with van der Waals surface area (Å²) < 4.78 is 0. The van der Waals surface area contributed by atoms with Gasteiger partial charge in [0, 0.05) is 5.56 Å². The summed E-state index contributed by atoms with van der Waals surface area (Å²) in [5.74, 6) is 0.649. The third kappa shape index (κ3) is 3.15. The largest absolute Gasteiger partial charge is 0.276 e. The van der Waals surface area contributed by atoms with Crippen LogP contribution < -0.4 is 0 Å². The van der Waals surface area contributed by atoms with Crippen LogP contribution in [0.4, 0.5) is 0 Å².